The second-order valence-electron chi connectivity index (χ2n) is 0.632. The predicted molar refractivity (Wildman–Crippen MR) is 20.8 cm³/mol. The first kappa shape index (κ1) is 16.5. The summed E-state index contributed by atoms with van der Waals surface area (Å²) in [7, 11) is -5.17. The summed E-state index contributed by atoms with van der Waals surface area (Å²) in [6.45, 7) is 0. The molecule has 0 saturated carbocycles. The van der Waals surface area contributed by atoms with Gasteiger partial charge in [0.05, 0.1) is 5.09 Å². The van der Waals surface area contributed by atoms with Gasteiger partial charge in [0.25, 0.3) is 0 Å². The van der Waals surface area contributed by atoms with Crippen LogP contribution in [0.2, 0.25) is 0 Å². The standard InChI is InChI=1S/NO3.H2O4S.Zr/c2-1(3)4;1-5(2,3)4;/h;(H2,1,2,3,4);/q-1;;+3/p-2. The molecule has 10 heavy (non-hydrogen) atoms. The number of hydrogen-bond acceptors (Lipinski definition) is 7. The second kappa shape index (κ2) is 7.06. The molecule has 57 valence electrons. The number of nitrogens with zero attached hydrogens (tertiary/aromatic N) is 1. The van der Waals surface area contributed by atoms with Crippen molar-refractivity contribution in [2.24, 2.45) is 0 Å². The van der Waals surface area contributed by atoms with Gasteiger partial charge in [-0.2, -0.15) is 0 Å². The van der Waals surface area contributed by atoms with Gasteiger partial charge in [0.15, 0.2) is 0 Å². The first-order chi connectivity index (χ1) is 3.73. The van der Waals surface area contributed by atoms with Crippen LogP contribution in [-0.2, 0) is 36.6 Å². The van der Waals surface area contributed by atoms with Gasteiger partial charge in [0.2, 0.25) is 0 Å². The van der Waals surface area contributed by atoms with E-state index in [1.807, 2.05) is 0 Å². The zero-order chi connectivity index (χ0) is 8.08. The summed E-state index contributed by atoms with van der Waals surface area (Å²) in [6.07, 6.45) is 0. The van der Waals surface area contributed by atoms with E-state index in [1.54, 1.807) is 0 Å². The molecule has 0 amide bonds. The van der Waals surface area contributed by atoms with Crippen LogP contribution in [0, 0.1) is 15.3 Å². The van der Waals surface area contributed by atoms with Crippen molar-refractivity contribution in [3.05, 3.63) is 15.3 Å². The molecule has 0 bridgehead atoms. The van der Waals surface area contributed by atoms with E-state index in [1.165, 1.54) is 0 Å². The van der Waals surface area contributed by atoms with Gasteiger partial charge >= 0.3 is 26.2 Å². The van der Waals surface area contributed by atoms with E-state index in [2.05, 4.69) is 0 Å². The van der Waals surface area contributed by atoms with Crippen LogP contribution in [0.3, 0.4) is 0 Å². The van der Waals surface area contributed by atoms with E-state index in [0.717, 1.165) is 0 Å². The molecule has 0 aliphatic heterocycles. The molecule has 0 aromatic carbocycles. The van der Waals surface area contributed by atoms with Crippen LogP contribution in [-0.4, -0.2) is 22.6 Å². The minimum Gasteiger partial charge on any atom is -0.759 e. The summed E-state index contributed by atoms with van der Waals surface area (Å²) >= 11 is 0. The van der Waals surface area contributed by atoms with Crippen LogP contribution in [0.5, 0.6) is 0 Å². The summed E-state index contributed by atoms with van der Waals surface area (Å²) in [5.41, 5.74) is 0. The molecule has 0 atom stereocenters. The topological polar surface area (TPSA) is 146 Å². The molecule has 0 spiro atoms. The van der Waals surface area contributed by atoms with Gasteiger partial charge in [-0.1, -0.05) is 0 Å². The first-order valence-corrected chi connectivity index (χ1v) is 2.55. The van der Waals surface area contributed by atoms with Crippen molar-refractivity contribution in [1.82, 2.24) is 0 Å². The molecule has 1 radical (unpaired) electrons. The normalized spacial score (nSPS) is 8.20. The van der Waals surface area contributed by atoms with E-state index in [0.29, 0.717) is 0 Å². The summed E-state index contributed by atoms with van der Waals surface area (Å²) in [5.74, 6) is 0. The molecule has 0 aliphatic carbocycles. The van der Waals surface area contributed by atoms with Gasteiger partial charge in [0.1, 0.15) is 0 Å². The zero-order valence-electron chi connectivity index (χ0n) is 4.21. The average molecular weight is 249 g/mol. The minimum absolute atomic E-state index is 0. The van der Waals surface area contributed by atoms with Crippen LogP contribution < -0.4 is 0 Å². The summed E-state index contributed by atoms with van der Waals surface area (Å²) in [4.78, 5) is 8.25. The molecule has 8 nitrogen and oxygen atoms in total. The fourth-order valence-corrected chi connectivity index (χ4v) is 0. The molecular weight excluding hydrogens is 249 g/mol. The van der Waals surface area contributed by atoms with E-state index in [9.17, 15) is 0 Å². The van der Waals surface area contributed by atoms with Crippen molar-refractivity contribution >= 4 is 10.4 Å². The van der Waals surface area contributed by atoms with Gasteiger partial charge < -0.3 is 24.4 Å². The molecule has 0 N–H and O–H groups in total. The van der Waals surface area contributed by atoms with Crippen molar-refractivity contribution < 1.29 is 48.8 Å². The monoisotopic (exact) mass is 248 g/mol. The van der Waals surface area contributed by atoms with Crippen molar-refractivity contribution in [3.63, 3.8) is 0 Å². The molecule has 0 aromatic heterocycles. The fraction of sp³-hybridized carbons (Fsp3) is 0. The van der Waals surface area contributed by atoms with E-state index in [4.69, 9.17) is 32.8 Å². The molecular formula is NO7SZr. The third-order valence-electron chi connectivity index (χ3n) is 0. The van der Waals surface area contributed by atoms with Crippen molar-refractivity contribution in [2.45, 2.75) is 0 Å². The van der Waals surface area contributed by atoms with Crippen molar-refractivity contribution in [1.29, 1.82) is 0 Å². The molecule has 0 aliphatic rings. The molecule has 0 unspecified atom stereocenters. The maximum absolute atomic E-state index is 8.52. The molecule has 0 saturated heterocycles. The Morgan fingerprint density at radius 2 is 1.10 bits per heavy atom. The molecule has 0 fully saturated rings. The fourth-order valence-electron chi connectivity index (χ4n) is 0. The van der Waals surface area contributed by atoms with Crippen LogP contribution >= 0.6 is 0 Å². The van der Waals surface area contributed by atoms with E-state index >= 15 is 0 Å². The van der Waals surface area contributed by atoms with Gasteiger partial charge in [-0.3, -0.25) is 8.42 Å². The molecule has 10 heteroatoms. The minimum atomic E-state index is -5.17. The Morgan fingerprint density at radius 1 is 1.10 bits per heavy atom. The first-order valence-electron chi connectivity index (χ1n) is 1.21. The Labute approximate surface area is 74.7 Å². The number of rotatable bonds is 0. The third-order valence-corrected chi connectivity index (χ3v) is 0. The van der Waals surface area contributed by atoms with Crippen molar-refractivity contribution in [2.75, 3.05) is 0 Å². The predicted octanol–water partition coefficient (Wildman–Crippen LogP) is -1.58. The Hall–Kier alpha value is -0.0469. The SMILES string of the molecule is O=S(=O)([O-])[O-].O=[N+]([O-])[O-].[Zr+3]. The van der Waals surface area contributed by atoms with Gasteiger partial charge in [-0.15, -0.1) is 0 Å². The van der Waals surface area contributed by atoms with Crippen LogP contribution in [0.15, 0.2) is 0 Å². The van der Waals surface area contributed by atoms with Gasteiger partial charge in [-0.05, 0) is 0 Å². The quantitative estimate of drug-likeness (QED) is 0.218. The van der Waals surface area contributed by atoms with Gasteiger partial charge in [-0.25, -0.2) is 0 Å². The Morgan fingerprint density at radius 3 is 1.10 bits per heavy atom. The number of hydrogen-bond donors (Lipinski definition) is 0. The average Bonchev–Trinajstić information content (AvgIpc) is 1.19. The summed E-state index contributed by atoms with van der Waals surface area (Å²) in [6, 6.07) is 0. The van der Waals surface area contributed by atoms with Gasteiger partial charge in [0, 0.05) is 10.4 Å². The van der Waals surface area contributed by atoms with Crippen LogP contribution in [0.25, 0.3) is 0 Å². The maximum atomic E-state index is 8.52. The maximum Gasteiger partial charge on any atom is 3.00 e. The molecule has 0 heterocycles. The molecule has 0 rings (SSSR count). The van der Waals surface area contributed by atoms with Crippen LogP contribution in [0.4, 0.5) is 0 Å². The Kier molecular flexibility index (Phi) is 11.7. The second-order valence-corrected chi connectivity index (χ2v) is 1.45. The van der Waals surface area contributed by atoms with Crippen molar-refractivity contribution in [3.8, 4) is 0 Å². The summed E-state index contributed by atoms with van der Waals surface area (Å²) < 4.78 is 34.1. The Bertz CT molecular complexity index is 156. The smallest absolute Gasteiger partial charge is 0.759 e. The zero-order valence-corrected chi connectivity index (χ0v) is 7.49. The van der Waals surface area contributed by atoms with E-state index in [-0.39, 0.29) is 26.2 Å². The largest absolute Gasteiger partial charge is 3.00 e. The summed E-state index contributed by atoms with van der Waals surface area (Å²) in [5, 5.41) is 14.8. The molecule has 0 aromatic rings. The van der Waals surface area contributed by atoms with Crippen LogP contribution in [0.1, 0.15) is 0 Å². The van der Waals surface area contributed by atoms with E-state index < -0.39 is 15.5 Å². The third kappa shape index (κ3) is 175000. The Balaban J connectivity index is -0.0000000910.